The van der Waals surface area contributed by atoms with Gasteiger partial charge in [0, 0.05) is 45.1 Å². The van der Waals surface area contributed by atoms with Crippen molar-refractivity contribution in [3.63, 3.8) is 0 Å². The van der Waals surface area contributed by atoms with Crippen molar-refractivity contribution in [1.82, 2.24) is 0 Å². The first-order chi connectivity index (χ1) is 49.0. The normalized spacial score (nSPS) is 9.70. The summed E-state index contributed by atoms with van der Waals surface area (Å²) in [5.41, 5.74) is 1.42. The van der Waals surface area contributed by atoms with Gasteiger partial charge in [0.1, 0.15) is 28.7 Å². The smallest absolute Gasteiger partial charge is 0.491 e. The third-order valence-corrected chi connectivity index (χ3v) is 11.5. The Bertz CT molecular complexity index is 4240. The number of phenols is 3. The largest absolute Gasteiger partial charge is 0.519 e. The molecule has 0 aliphatic heterocycles. The number of rotatable bonds is 11. The molecule has 0 heterocycles. The Hall–Kier alpha value is -10.9. The van der Waals surface area contributed by atoms with Gasteiger partial charge >= 0.3 is 42.0 Å². The number of esters is 6. The average Bonchev–Trinajstić information content (AvgIpc) is 0.797. The number of aromatic hydroxyl groups is 3. The summed E-state index contributed by atoms with van der Waals surface area (Å²) in [6.45, 7) is 29.0. The van der Waals surface area contributed by atoms with E-state index in [2.05, 4.69) is 51.9 Å². The molecule has 0 saturated carbocycles. The molecule has 0 radical (unpaired) electrons. The van der Waals surface area contributed by atoms with E-state index in [-0.39, 0.29) is 65.1 Å². The first-order valence-electron chi connectivity index (χ1n) is 27.7. The Balaban J connectivity index is -0.00000120. The molecule has 0 aliphatic carbocycles. The van der Waals surface area contributed by atoms with Crippen LogP contribution in [0.3, 0.4) is 0 Å². The van der Waals surface area contributed by atoms with E-state index in [1.54, 1.807) is 53.5 Å². The Labute approximate surface area is 620 Å². The van der Waals surface area contributed by atoms with E-state index in [1.165, 1.54) is 95.2 Å². The number of alkyl halides is 4. The Morgan fingerprint density at radius 1 is 0.467 bits per heavy atom. The van der Waals surface area contributed by atoms with Crippen LogP contribution in [-0.2, 0) is 28.5 Å². The van der Waals surface area contributed by atoms with Crippen LogP contribution < -0.4 is 18.9 Å². The zero-order chi connectivity index (χ0) is 81.5. The van der Waals surface area contributed by atoms with Crippen LogP contribution in [-0.4, -0.2) is 116 Å². The van der Waals surface area contributed by atoms with Crippen molar-refractivity contribution in [2.45, 2.75) is 60.4 Å². The number of benzene rings is 7. The first-order valence-corrected chi connectivity index (χ1v) is 30.8. The van der Waals surface area contributed by atoms with E-state index in [9.17, 15) is 90.2 Å². The molecule has 105 heavy (non-hydrogen) atoms. The van der Waals surface area contributed by atoms with Crippen LogP contribution in [0.2, 0.25) is 0 Å². The molecule has 7 aromatic rings. The van der Waals surface area contributed by atoms with Gasteiger partial charge in [0.2, 0.25) is 86.7 Å². The van der Waals surface area contributed by atoms with Crippen molar-refractivity contribution >= 4 is 112 Å². The lowest BCUT2D eigenvalue weighted by Crippen LogP contribution is -2.29. The molecule has 0 bridgehead atoms. The third kappa shape index (κ3) is 32.1. The van der Waals surface area contributed by atoms with Gasteiger partial charge in [0.15, 0.2) is 0 Å². The van der Waals surface area contributed by atoms with Crippen LogP contribution in [0.5, 0.6) is 40.2 Å². The summed E-state index contributed by atoms with van der Waals surface area (Å²) in [7, 11) is 8.81. The lowest BCUT2D eigenvalue weighted by Gasteiger charge is -2.13. The van der Waals surface area contributed by atoms with Gasteiger partial charge in [-0.1, -0.05) is 7.43 Å². The van der Waals surface area contributed by atoms with Gasteiger partial charge < -0.3 is 58.3 Å². The summed E-state index contributed by atoms with van der Waals surface area (Å²) >= 11 is 3.56. The number of ether oxygens (including phenoxy) is 8. The van der Waals surface area contributed by atoms with Gasteiger partial charge in [0.05, 0.1) is 83.6 Å². The van der Waals surface area contributed by atoms with Crippen LogP contribution in [0.4, 0.5) is 78.5 Å². The number of carbonyl (C=O) groups excluding carboxylic acids is 6. The second kappa shape index (κ2) is 48.9. The van der Waals surface area contributed by atoms with Crippen molar-refractivity contribution in [3.8, 4) is 40.2 Å². The number of carbonyl (C=O) groups is 7. The minimum atomic E-state index is -5.65. The molecule has 0 saturated heterocycles. The number of hydrogen-bond donors (Lipinski definition) is 4. The maximum Gasteiger partial charge on any atom is 0.491 e. The highest BCUT2D eigenvalue weighted by Gasteiger charge is 2.43. The van der Waals surface area contributed by atoms with E-state index in [0.29, 0.717) is 31.7 Å². The minimum absolute atomic E-state index is 0. The summed E-state index contributed by atoms with van der Waals surface area (Å²) < 4.78 is 217. The fraction of sp³-hybridized carbons (Fsp3) is 0.212. The summed E-state index contributed by atoms with van der Waals surface area (Å²) in [5, 5.41) is 34.5. The molecule has 0 amide bonds. The van der Waals surface area contributed by atoms with Gasteiger partial charge in [-0.25, -0.2) is 69.6 Å². The molecule has 568 valence electrons. The molecular weight excluding hydrogens is 1690 g/mol. The fourth-order valence-electron chi connectivity index (χ4n) is 6.26. The van der Waals surface area contributed by atoms with E-state index in [1.807, 2.05) is 36.4 Å². The first kappa shape index (κ1) is 96.1. The molecule has 0 atom stereocenters. The van der Waals surface area contributed by atoms with Crippen molar-refractivity contribution < 1.29 is 155 Å². The molecule has 0 aliphatic rings. The average molecular weight is 1750 g/mol. The highest BCUT2D eigenvalue weighted by molar-refractivity contribution is 14.1. The molecule has 0 aromatic heterocycles. The Morgan fingerprint density at radius 3 is 1.04 bits per heavy atom. The molecule has 0 fully saturated rings. The lowest BCUT2D eigenvalue weighted by atomic mass is 10.2. The quantitative estimate of drug-likeness (QED) is 0.0137. The van der Waals surface area contributed by atoms with E-state index in [4.69, 9.17) is 55.8 Å². The van der Waals surface area contributed by atoms with E-state index < -0.39 is 125 Å². The van der Waals surface area contributed by atoms with Gasteiger partial charge in [0.25, 0.3) is 5.97 Å². The topological polar surface area (TPSA) is 287 Å². The van der Waals surface area contributed by atoms with Gasteiger partial charge in [-0.3, -0.25) is 9.18 Å². The highest BCUT2D eigenvalue weighted by atomic mass is 127. The van der Waals surface area contributed by atoms with E-state index >= 15 is 0 Å². The maximum absolute atomic E-state index is 13.6. The van der Waals surface area contributed by atoms with Crippen molar-refractivity contribution in [3.05, 3.63) is 221 Å². The number of carboxylic acid groups (broad SMARTS) is 1. The van der Waals surface area contributed by atoms with Gasteiger partial charge in [-0.05, 0) is 156 Å². The standard InChI is InChI=1S/C17H10F5NO3.C12H13NO3.C9H7NO3.C8F8O2.C8H7IO3.C8H8O3.C2H4O2.CH3F.CH4.ClI/c1-7(2)25-10-5-4-8(6-9(10)23-3)17(24)26-16-14(21)12(19)11(18)13(20)15(16)22;1-8(2)16-11-6-5-9(12(14)15-4)7-10(11)13-3;1-10-7-5-6(9(12)13-2)3-4-8(7)11;9-1-2(10)4(12)6(5(13)3(1)11)18-7(17)8(14,15)16;1-12-8(11)5-2-3-7(10)6(9)4-5;1-11-8(10)6-2-4-7(9)5-3-6;1-2(3)4;1-2;;1-2/h4-7H,1-2H3;5-8H,1-2,4H3;3-5,11H,2H3;;2-4,10H,1H3;2-5,9H,1H3;1H3,(H,3,4);1H3;1H4;/i;;;;;;;1D;;. The number of aliphatic carboxylic acids is 1. The predicted molar refractivity (Wildman–Crippen MR) is 362 cm³/mol. The Kier molecular flexibility index (Phi) is 44.7. The third-order valence-electron chi connectivity index (χ3n) is 10.7. The van der Waals surface area contributed by atoms with Crippen molar-refractivity contribution in [1.29, 1.82) is 0 Å². The molecular formula is C66H56ClF14I2N3O19. The van der Waals surface area contributed by atoms with Crippen LogP contribution in [0, 0.1) is 81.5 Å². The number of nitrogens with zero attached hydrogens (tertiary/aromatic N) is 3. The van der Waals surface area contributed by atoms with Crippen LogP contribution in [0.1, 0.15) is 95.2 Å². The van der Waals surface area contributed by atoms with Crippen LogP contribution in [0.15, 0.2) is 97.1 Å². The summed E-state index contributed by atoms with van der Waals surface area (Å²) in [5.74, 6) is -34.8. The monoisotopic (exact) mass is 1750 g/mol. The van der Waals surface area contributed by atoms with Crippen molar-refractivity contribution in [2.24, 2.45) is 0 Å². The molecule has 7 aromatic carbocycles. The molecule has 22 nitrogen and oxygen atoms in total. The summed E-state index contributed by atoms with van der Waals surface area (Å²) in [6.07, 6.45) is -5.92. The molecule has 0 spiro atoms. The zero-order valence-corrected chi connectivity index (χ0v) is 59.3. The van der Waals surface area contributed by atoms with Gasteiger partial charge in [-0.2, -0.15) is 30.7 Å². The predicted octanol–water partition coefficient (Wildman–Crippen LogP) is 18.2. The number of carboxylic acids is 1. The number of halogens is 17. The molecule has 39 heteroatoms. The van der Waals surface area contributed by atoms with E-state index in [0.717, 1.165) is 19.1 Å². The zero-order valence-electron chi connectivity index (χ0n) is 55.3. The Morgan fingerprint density at radius 2 is 0.733 bits per heavy atom. The van der Waals surface area contributed by atoms with Crippen molar-refractivity contribution in [2.75, 3.05) is 35.6 Å². The number of phenolic OH excluding ortho intramolecular Hbond substituents is 3. The lowest BCUT2D eigenvalue weighted by molar-refractivity contribution is -0.190. The SMILES string of the molecule is C.CC(=O)O.COC(=O)c1ccc(O)c(I)c1.COC(=O)c1ccc(O)cc1.ClI.O=C(Oc1c(F)c(F)c(F)c(F)c1F)C(F)(F)F.[2H]CF.[C-]#[N+]c1cc(C(=O)OC)ccc1O.[C-]#[N+]c1cc(C(=O)OC)ccc1OC(C)C.[C-]#[N+]c1cc(C(=O)Oc2c(F)c(F)c(F)c(F)c2F)ccc1OC(C)C. The number of hydrogen-bond acceptors (Lipinski definition) is 18. The number of methoxy groups -OCH3 is 4. The molecule has 4 N–H and O–H groups in total. The second-order valence-electron chi connectivity index (χ2n) is 18.5. The highest BCUT2D eigenvalue weighted by Crippen LogP contribution is 2.35. The van der Waals surface area contributed by atoms with Gasteiger partial charge in [-0.15, -0.1) is 0 Å². The van der Waals surface area contributed by atoms with Crippen LogP contribution in [0.25, 0.3) is 14.5 Å². The van der Waals surface area contributed by atoms with Crippen LogP contribution >= 0.6 is 53.0 Å². The molecule has 7 rings (SSSR count). The minimum Gasteiger partial charge on any atom is -0.519 e. The summed E-state index contributed by atoms with van der Waals surface area (Å²) in [6, 6.07) is 22.5. The second-order valence-corrected chi connectivity index (χ2v) is 19.7. The fourth-order valence-corrected chi connectivity index (χ4v) is 6.78. The maximum atomic E-state index is 13.6. The summed E-state index contributed by atoms with van der Waals surface area (Å²) in [4.78, 5) is 84.7. The molecule has 0 unspecified atom stereocenters.